The van der Waals surface area contributed by atoms with Crippen LogP contribution < -0.4 is 5.32 Å². The Labute approximate surface area is 150 Å². The van der Waals surface area contributed by atoms with Crippen molar-refractivity contribution in [2.24, 2.45) is 0 Å². The van der Waals surface area contributed by atoms with E-state index in [-0.39, 0.29) is 12.3 Å². The number of fused-ring (bicyclic) bond motifs is 1. The van der Waals surface area contributed by atoms with Crippen molar-refractivity contribution < 1.29 is 13.7 Å². The van der Waals surface area contributed by atoms with Gasteiger partial charge in [-0.3, -0.25) is 4.79 Å². The third kappa shape index (κ3) is 3.67. The van der Waals surface area contributed by atoms with Crippen LogP contribution in [0.4, 0.5) is 0 Å². The van der Waals surface area contributed by atoms with E-state index in [4.69, 9.17) is 8.94 Å². The van der Waals surface area contributed by atoms with Crippen LogP contribution in [0.15, 0.2) is 75.7 Å². The molecule has 0 spiro atoms. The highest BCUT2D eigenvalue weighted by Gasteiger charge is 2.14. The van der Waals surface area contributed by atoms with Gasteiger partial charge in [-0.05, 0) is 24.1 Å². The van der Waals surface area contributed by atoms with Crippen molar-refractivity contribution in [3.05, 3.63) is 78.0 Å². The number of benzene rings is 2. The molecule has 0 saturated heterocycles. The highest BCUT2D eigenvalue weighted by atomic mass is 16.5. The van der Waals surface area contributed by atoms with E-state index in [9.17, 15) is 4.79 Å². The zero-order chi connectivity index (χ0) is 17.8. The lowest BCUT2D eigenvalue weighted by molar-refractivity contribution is -0.120. The Morgan fingerprint density at radius 1 is 0.962 bits per heavy atom. The first-order valence-corrected chi connectivity index (χ1v) is 8.53. The van der Waals surface area contributed by atoms with Gasteiger partial charge in [-0.1, -0.05) is 53.7 Å². The summed E-state index contributed by atoms with van der Waals surface area (Å²) in [5.74, 6) is 1.05. The summed E-state index contributed by atoms with van der Waals surface area (Å²) >= 11 is 0. The third-order valence-electron chi connectivity index (χ3n) is 4.15. The lowest BCUT2D eigenvalue weighted by atomic mass is 10.1. The monoisotopic (exact) mass is 346 g/mol. The Morgan fingerprint density at radius 2 is 1.77 bits per heavy atom. The second kappa shape index (κ2) is 7.27. The number of amides is 1. The average Bonchev–Trinajstić information content (AvgIpc) is 3.29. The summed E-state index contributed by atoms with van der Waals surface area (Å²) in [7, 11) is 0. The quantitative estimate of drug-likeness (QED) is 0.573. The van der Waals surface area contributed by atoms with Crippen molar-refractivity contribution in [1.82, 2.24) is 10.5 Å². The molecule has 2 aromatic carbocycles. The fraction of sp³-hybridized carbons (Fsp3) is 0.143. The molecule has 2 aromatic heterocycles. The number of nitrogens with one attached hydrogen (secondary N) is 1. The lowest BCUT2D eigenvalue weighted by Gasteiger charge is -2.03. The minimum absolute atomic E-state index is 0.0783. The summed E-state index contributed by atoms with van der Waals surface area (Å²) < 4.78 is 11.1. The van der Waals surface area contributed by atoms with E-state index in [1.807, 2.05) is 60.7 Å². The molecular formula is C21H18N2O3. The Bertz CT molecular complexity index is 985. The SMILES string of the molecule is O=C(Cc1cc(-c2cc3ccccc3o2)on1)NCCc1ccccc1. The van der Waals surface area contributed by atoms with Gasteiger partial charge in [0.2, 0.25) is 11.7 Å². The summed E-state index contributed by atoms with van der Waals surface area (Å²) in [5, 5.41) is 7.88. The summed E-state index contributed by atoms with van der Waals surface area (Å²) in [6.07, 6.45) is 0.980. The third-order valence-corrected chi connectivity index (χ3v) is 4.15. The van der Waals surface area contributed by atoms with Gasteiger partial charge in [0.15, 0.2) is 5.76 Å². The topological polar surface area (TPSA) is 68.3 Å². The Hall–Kier alpha value is -3.34. The molecule has 0 aliphatic heterocycles. The molecule has 4 rings (SSSR count). The Morgan fingerprint density at radius 3 is 2.62 bits per heavy atom. The smallest absolute Gasteiger partial charge is 0.226 e. The van der Waals surface area contributed by atoms with Gasteiger partial charge in [0, 0.05) is 18.0 Å². The molecule has 26 heavy (non-hydrogen) atoms. The largest absolute Gasteiger partial charge is 0.453 e. The van der Waals surface area contributed by atoms with Gasteiger partial charge in [0.1, 0.15) is 5.58 Å². The number of aromatic nitrogens is 1. The van der Waals surface area contributed by atoms with E-state index in [0.717, 1.165) is 17.4 Å². The van der Waals surface area contributed by atoms with Crippen LogP contribution in [0.3, 0.4) is 0 Å². The van der Waals surface area contributed by atoms with Gasteiger partial charge in [-0.2, -0.15) is 0 Å². The molecule has 0 fully saturated rings. The molecule has 0 radical (unpaired) electrons. The van der Waals surface area contributed by atoms with E-state index in [2.05, 4.69) is 10.5 Å². The number of carbonyl (C=O) groups is 1. The Balaban J connectivity index is 1.35. The average molecular weight is 346 g/mol. The van der Waals surface area contributed by atoms with Crippen LogP contribution >= 0.6 is 0 Å². The van der Waals surface area contributed by atoms with Crippen LogP contribution in [0.2, 0.25) is 0 Å². The number of para-hydroxylation sites is 1. The number of carbonyl (C=O) groups excluding carboxylic acids is 1. The first kappa shape index (κ1) is 16.1. The zero-order valence-electron chi connectivity index (χ0n) is 14.1. The minimum atomic E-state index is -0.0783. The fourth-order valence-corrected chi connectivity index (χ4v) is 2.83. The van der Waals surface area contributed by atoms with Crippen LogP contribution in [-0.4, -0.2) is 17.6 Å². The van der Waals surface area contributed by atoms with Crippen molar-refractivity contribution in [1.29, 1.82) is 0 Å². The maximum atomic E-state index is 12.1. The second-order valence-electron chi connectivity index (χ2n) is 6.09. The summed E-state index contributed by atoms with van der Waals surface area (Å²) in [6, 6.07) is 21.4. The van der Waals surface area contributed by atoms with Gasteiger partial charge in [-0.15, -0.1) is 0 Å². The molecule has 5 heteroatoms. The molecular weight excluding hydrogens is 328 g/mol. The maximum Gasteiger partial charge on any atom is 0.226 e. The Kier molecular flexibility index (Phi) is 4.51. The van der Waals surface area contributed by atoms with Gasteiger partial charge in [0.05, 0.1) is 12.1 Å². The van der Waals surface area contributed by atoms with Crippen LogP contribution in [0.25, 0.3) is 22.5 Å². The molecule has 0 bridgehead atoms. The molecule has 2 heterocycles. The minimum Gasteiger partial charge on any atom is -0.453 e. The summed E-state index contributed by atoms with van der Waals surface area (Å²) in [4.78, 5) is 12.1. The molecule has 4 aromatic rings. The zero-order valence-corrected chi connectivity index (χ0v) is 14.1. The van der Waals surface area contributed by atoms with E-state index >= 15 is 0 Å². The normalized spacial score (nSPS) is 10.9. The van der Waals surface area contributed by atoms with Crippen LogP contribution in [0, 0.1) is 0 Å². The van der Waals surface area contributed by atoms with Gasteiger partial charge in [-0.25, -0.2) is 0 Å². The van der Waals surface area contributed by atoms with Crippen molar-refractivity contribution in [3.63, 3.8) is 0 Å². The molecule has 0 aliphatic carbocycles. The summed E-state index contributed by atoms with van der Waals surface area (Å²) in [6.45, 7) is 0.594. The molecule has 0 aliphatic rings. The van der Waals surface area contributed by atoms with E-state index in [0.29, 0.717) is 23.8 Å². The maximum absolute atomic E-state index is 12.1. The van der Waals surface area contributed by atoms with Crippen LogP contribution in [0.1, 0.15) is 11.3 Å². The molecule has 5 nitrogen and oxygen atoms in total. The van der Waals surface area contributed by atoms with Crippen molar-refractivity contribution in [2.75, 3.05) is 6.54 Å². The number of furan rings is 1. The van der Waals surface area contributed by atoms with Crippen LogP contribution in [0.5, 0.6) is 0 Å². The number of nitrogens with zero attached hydrogens (tertiary/aromatic N) is 1. The van der Waals surface area contributed by atoms with Crippen molar-refractivity contribution in [2.45, 2.75) is 12.8 Å². The first-order chi connectivity index (χ1) is 12.8. The number of hydrogen-bond donors (Lipinski definition) is 1. The summed E-state index contributed by atoms with van der Waals surface area (Å²) in [5.41, 5.74) is 2.57. The standard InChI is InChI=1S/C21H18N2O3/c24-21(22-11-10-15-6-2-1-3-7-15)14-17-13-20(26-23-17)19-12-16-8-4-5-9-18(16)25-19/h1-9,12-13H,10-11,14H2,(H,22,24). The van der Waals surface area contributed by atoms with Crippen molar-refractivity contribution >= 4 is 16.9 Å². The molecule has 0 saturated carbocycles. The van der Waals surface area contributed by atoms with Gasteiger partial charge >= 0.3 is 0 Å². The molecule has 0 unspecified atom stereocenters. The van der Waals surface area contributed by atoms with E-state index in [1.165, 1.54) is 5.56 Å². The molecule has 1 amide bonds. The molecule has 1 N–H and O–H groups in total. The predicted octanol–water partition coefficient (Wildman–Crippen LogP) is 3.99. The van der Waals surface area contributed by atoms with E-state index in [1.54, 1.807) is 6.07 Å². The van der Waals surface area contributed by atoms with Crippen molar-refractivity contribution in [3.8, 4) is 11.5 Å². The van der Waals surface area contributed by atoms with Crippen LogP contribution in [-0.2, 0) is 17.6 Å². The first-order valence-electron chi connectivity index (χ1n) is 8.53. The van der Waals surface area contributed by atoms with Gasteiger partial charge in [0.25, 0.3) is 0 Å². The number of hydrogen-bond acceptors (Lipinski definition) is 4. The fourth-order valence-electron chi connectivity index (χ4n) is 2.83. The van der Waals surface area contributed by atoms with Gasteiger partial charge < -0.3 is 14.3 Å². The van der Waals surface area contributed by atoms with E-state index < -0.39 is 0 Å². The number of rotatable bonds is 6. The lowest BCUT2D eigenvalue weighted by Crippen LogP contribution is -2.27. The highest BCUT2D eigenvalue weighted by molar-refractivity contribution is 5.82. The predicted molar refractivity (Wildman–Crippen MR) is 98.6 cm³/mol. The molecule has 130 valence electrons. The molecule has 0 atom stereocenters. The highest BCUT2D eigenvalue weighted by Crippen LogP contribution is 2.28. The second-order valence-corrected chi connectivity index (χ2v) is 6.09.